The Balaban J connectivity index is 1.79. The predicted molar refractivity (Wildman–Crippen MR) is 115 cm³/mol. The van der Waals surface area contributed by atoms with E-state index in [4.69, 9.17) is 4.74 Å². The van der Waals surface area contributed by atoms with Crippen molar-refractivity contribution in [3.05, 3.63) is 64.5 Å². The number of ether oxygens (including phenoxy) is 1. The van der Waals surface area contributed by atoms with Crippen molar-refractivity contribution < 1.29 is 19.2 Å². The highest BCUT2D eigenvalue weighted by molar-refractivity contribution is 6.04. The van der Waals surface area contributed by atoms with Crippen LogP contribution in [0.5, 0.6) is 5.75 Å². The quantitative estimate of drug-likeness (QED) is 0.606. The number of likely N-dealkylation sites (N-methyl/N-ethyl adjacent to an activating group) is 1. The van der Waals surface area contributed by atoms with Gasteiger partial charge in [0.15, 0.2) is 11.8 Å². The first-order valence-corrected chi connectivity index (χ1v) is 9.86. The number of aromatic nitrogens is 1. The molecule has 0 aliphatic rings. The Kier molecular flexibility index (Phi) is 5.89. The summed E-state index contributed by atoms with van der Waals surface area (Å²) in [6, 6.07) is 12.1. The van der Waals surface area contributed by atoms with E-state index in [0.29, 0.717) is 11.3 Å². The van der Waals surface area contributed by atoms with E-state index in [1.807, 2.05) is 40.0 Å². The number of H-pyrrole nitrogens is 1. The number of fused-ring (bicyclic) bond motifs is 1. The molecule has 0 aliphatic heterocycles. The number of carbonyl (C=O) groups excluding carboxylic acids is 2. The van der Waals surface area contributed by atoms with Crippen molar-refractivity contribution in [3.63, 3.8) is 0 Å². The normalized spacial score (nSPS) is 13.3. The van der Waals surface area contributed by atoms with Crippen LogP contribution in [0.4, 0.5) is 0 Å². The number of benzene rings is 2. The molecular weight excluding hydrogens is 364 g/mol. The molecule has 2 atom stereocenters. The zero-order valence-electron chi connectivity index (χ0n) is 18.0. The van der Waals surface area contributed by atoms with Gasteiger partial charge >= 0.3 is 0 Å². The lowest BCUT2D eigenvalue weighted by Gasteiger charge is -2.21. The summed E-state index contributed by atoms with van der Waals surface area (Å²) in [5, 5.41) is 2.28. The SMILES string of the molecule is COc1ccc2cc(C[NH+](C)[C@H](C)C(=O)c3[nH]c(C)c(C(C)=O)c3C)ccc2c1. The van der Waals surface area contributed by atoms with Crippen molar-refractivity contribution in [1.82, 2.24) is 4.98 Å². The Bertz CT molecular complexity index is 1080. The summed E-state index contributed by atoms with van der Waals surface area (Å²) >= 11 is 0. The zero-order chi connectivity index (χ0) is 21.3. The van der Waals surface area contributed by atoms with Crippen LogP contribution in [0, 0.1) is 13.8 Å². The molecule has 0 radical (unpaired) electrons. The molecule has 0 bridgehead atoms. The lowest BCUT2D eigenvalue weighted by molar-refractivity contribution is -0.907. The molecular formula is C24H29N2O3+. The number of carbonyl (C=O) groups is 2. The van der Waals surface area contributed by atoms with Gasteiger partial charge in [-0.3, -0.25) is 9.59 Å². The number of Topliss-reactive ketones (excluding diaryl/α,β-unsaturated/α-hetero) is 2. The highest BCUT2D eigenvalue weighted by atomic mass is 16.5. The molecule has 3 aromatic rings. The average molecular weight is 394 g/mol. The fourth-order valence-electron chi connectivity index (χ4n) is 3.95. The largest absolute Gasteiger partial charge is 0.497 e. The second kappa shape index (κ2) is 8.21. The molecule has 1 aromatic heterocycles. The maximum atomic E-state index is 13.1. The number of hydrogen-bond acceptors (Lipinski definition) is 3. The van der Waals surface area contributed by atoms with Gasteiger partial charge in [0.25, 0.3) is 0 Å². The highest BCUT2D eigenvalue weighted by Gasteiger charge is 2.28. The first kappa shape index (κ1) is 20.8. The average Bonchev–Trinajstić information content (AvgIpc) is 3.00. The number of aromatic amines is 1. The van der Waals surface area contributed by atoms with E-state index < -0.39 is 0 Å². The lowest BCUT2D eigenvalue weighted by Crippen LogP contribution is -3.12. The Morgan fingerprint density at radius 1 is 1.10 bits per heavy atom. The van der Waals surface area contributed by atoms with Gasteiger partial charge in [0.2, 0.25) is 5.78 Å². The smallest absolute Gasteiger partial charge is 0.235 e. The molecule has 1 heterocycles. The number of ketones is 2. The summed E-state index contributed by atoms with van der Waals surface area (Å²) in [6.45, 7) is 7.88. The molecule has 5 nitrogen and oxygen atoms in total. The zero-order valence-corrected chi connectivity index (χ0v) is 18.0. The van der Waals surface area contributed by atoms with Crippen LogP contribution in [-0.4, -0.2) is 36.7 Å². The maximum Gasteiger partial charge on any atom is 0.235 e. The topological polar surface area (TPSA) is 63.6 Å². The van der Waals surface area contributed by atoms with E-state index >= 15 is 0 Å². The molecule has 0 saturated carbocycles. The summed E-state index contributed by atoms with van der Waals surface area (Å²) in [7, 11) is 3.69. The molecule has 2 aromatic carbocycles. The van der Waals surface area contributed by atoms with Gasteiger partial charge in [0, 0.05) is 16.8 Å². The third-order valence-corrected chi connectivity index (χ3v) is 5.76. The number of rotatable bonds is 7. The molecule has 0 spiro atoms. The van der Waals surface area contributed by atoms with Crippen molar-refractivity contribution in [1.29, 1.82) is 0 Å². The first-order valence-electron chi connectivity index (χ1n) is 9.86. The van der Waals surface area contributed by atoms with Gasteiger partial charge in [-0.25, -0.2) is 0 Å². The van der Waals surface area contributed by atoms with Crippen LogP contribution in [0.2, 0.25) is 0 Å². The minimum absolute atomic E-state index is 0.0172. The summed E-state index contributed by atoms with van der Waals surface area (Å²) < 4.78 is 5.29. The molecule has 3 rings (SSSR count). The molecule has 0 saturated heterocycles. The Hall–Kier alpha value is -2.92. The third kappa shape index (κ3) is 4.10. The van der Waals surface area contributed by atoms with Crippen LogP contribution in [0.15, 0.2) is 36.4 Å². The van der Waals surface area contributed by atoms with E-state index in [1.54, 1.807) is 7.11 Å². The fraction of sp³-hybridized carbons (Fsp3) is 0.333. The molecule has 2 N–H and O–H groups in total. The number of methoxy groups -OCH3 is 1. The second-order valence-corrected chi connectivity index (χ2v) is 7.84. The molecule has 29 heavy (non-hydrogen) atoms. The van der Waals surface area contributed by atoms with Crippen molar-refractivity contribution >= 4 is 22.3 Å². The third-order valence-electron chi connectivity index (χ3n) is 5.76. The first-order chi connectivity index (χ1) is 13.7. The summed E-state index contributed by atoms with van der Waals surface area (Å²) in [5.74, 6) is 0.853. The van der Waals surface area contributed by atoms with Gasteiger partial charge in [0.05, 0.1) is 19.9 Å². The van der Waals surface area contributed by atoms with Crippen molar-refractivity contribution in [2.75, 3.05) is 14.2 Å². The van der Waals surface area contributed by atoms with Gasteiger partial charge in [-0.05, 0) is 62.2 Å². The minimum atomic E-state index is -0.238. The number of quaternary nitrogens is 1. The van der Waals surface area contributed by atoms with Crippen LogP contribution in [0.1, 0.15) is 51.5 Å². The molecule has 5 heteroatoms. The van der Waals surface area contributed by atoms with E-state index in [2.05, 4.69) is 29.2 Å². The van der Waals surface area contributed by atoms with Crippen molar-refractivity contribution in [2.45, 2.75) is 40.3 Å². The Morgan fingerprint density at radius 2 is 1.76 bits per heavy atom. The van der Waals surface area contributed by atoms with E-state index in [0.717, 1.165) is 39.2 Å². The summed E-state index contributed by atoms with van der Waals surface area (Å²) in [4.78, 5) is 29.2. The maximum absolute atomic E-state index is 13.1. The van der Waals surface area contributed by atoms with E-state index in [1.165, 1.54) is 12.5 Å². The van der Waals surface area contributed by atoms with Crippen LogP contribution < -0.4 is 9.64 Å². The van der Waals surface area contributed by atoms with Gasteiger partial charge in [-0.1, -0.05) is 18.2 Å². The number of hydrogen-bond donors (Lipinski definition) is 2. The predicted octanol–water partition coefficient (Wildman–Crippen LogP) is 3.28. The Morgan fingerprint density at radius 3 is 2.38 bits per heavy atom. The summed E-state index contributed by atoms with van der Waals surface area (Å²) in [5.41, 5.74) is 3.85. The van der Waals surface area contributed by atoms with Crippen LogP contribution >= 0.6 is 0 Å². The van der Waals surface area contributed by atoms with Gasteiger partial charge < -0.3 is 14.6 Å². The van der Waals surface area contributed by atoms with Gasteiger partial charge in [-0.2, -0.15) is 0 Å². The molecule has 0 aliphatic carbocycles. The van der Waals surface area contributed by atoms with Gasteiger partial charge in [-0.15, -0.1) is 0 Å². The van der Waals surface area contributed by atoms with Crippen LogP contribution in [-0.2, 0) is 6.54 Å². The second-order valence-electron chi connectivity index (χ2n) is 7.84. The van der Waals surface area contributed by atoms with E-state index in [9.17, 15) is 9.59 Å². The van der Waals surface area contributed by atoms with Crippen molar-refractivity contribution in [2.24, 2.45) is 0 Å². The minimum Gasteiger partial charge on any atom is -0.497 e. The van der Waals surface area contributed by atoms with Gasteiger partial charge in [0.1, 0.15) is 12.3 Å². The number of aryl methyl sites for hydroxylation is 1. The fourth-order valence-corrected chi connectivity index (χ4v) is 3.95. The molecule has 0 amide bonds. The van der Waals surface area contributed by atoms with Crippen molar-refractivity contribution in [3.8, 4) is 5.75 Å². The van der Waals surface area contributed by atoms with Crippen LogP contribution in [0.25, 0.3) is 10.8 Å². The van der Waals surface area contributed by atoms with E-state index in [-0.39, 0.29) is 17.6 Å². The molecule has 0 fully saturated rings. The standard InChI is InChI=1S/C24H28N2O3/c1-14-22(17(4)27)15(2)25-23(14)24(28)16(3)26(5)13-18-7-8-20-12-21(29-6)10-9-19(20)11-18/h7-12,16,25H,13H2,1-6H3/p+1/t16-/m1/s1. The molecule has 152 valence electrons. The monoisotopic (exact) mass is 393 g/mol. The van der Waals surface area contributed by atoms with Crippen LogP contribution in [0.3, 0.4) is 0 Å². The highest BCUT2D eigenvalue weighted by Crippen LogP contribution is 2.22. The number of nitrogens with one attached hydrogen (secondary N) is 2. The summed E-state index contributed by atoms with van der Waals surface area (Å²) in [6.07, 6.45) is 0. The Labute approximate surface area is 171 Å². The molecule has 1 unspecified atom stereocenters. The lowest BCUT2D eigenvalue weighted by atomic mass is 10.0.